The number of nitrogens with one attached hydrogen (secondary N) is 2. The van der Waals surface area contributed by atoms with E-state index < -0.39 is 0 Å². The van der Waals surface area contributed by atoms with Gasteiger partial charge in [-0.1, -0.05) is 12.2 Å². The third-order valence-corrected chi connectivity index (χ3v) is 2.79. The zero-order valence-electron chi connectivity index (χ0n) is 10.2. The minimum Gasteiger partial charge on any atom is -0.353 e. The van der Waals surface area contributed by atoms with Gasteiger partial charge in [-0.2, -0.15) is 5.10 Å². The van der Waals surface area contributed by atoms with Gasteiger partial charge in [0.1, 0.15) is 12.2 Å². The molecule has 1 aliphatic carbocycles. The van der Waals surface area contributed by atoms with E-state index in [0.717, 1.165) is 24.6 Å². The van der Waals surface area contributed by atoms with Crippen molar-refractivity contribution in [2.24, 2.45) is 12.0 Å². The minimum atomic E-state index is 0.459. The highest BCUT2D eigenvalue weighted by Crippen LogP contribution is 2.08. The zero-order valence-corrected chi connectivity index (χ0v) is 10.2. The van der Waals surface area contributed by atoms with Crippen molar-refractivity contribution in [2.45, 2.75) is 25.4 Å². The highest BCUT2D eigenvalue weighted by Gasteiger charge is 2.11. The van der Waals surface area contributed by atoms with Crippen LogP contribution < -0.4 is 10.6 Å². The zero-order chi connectivity index (χ0) is 12.1. The number of hydrogen-bond donors (Lipinski definition) is 2. The molecule has 17 heavy (non-hydrogen) atoms. The number of rotatable bonds is 3. The third-order valence-electron chi connectivity index (χ3n) is 2.79. The Morgan fingerprint density at radius 3 is 2.88 bits per heavy atom. The largest absolute Gasteiger partial charge is 0.353 e. The van der Waals surface area contributed by atoms with Crippen molar-refractivity contribution in [3.8, 4) is 0 Å². The molecule has 1 aromatic heterocycles. The van der Waals surface area contributed by atoms with Gasteiger partial charge in [0.2, 0.25) is 0 Å². The van der Waals surface area contributed by atoms with Crippen molar-refractivity contribution >= 4 is 5.96 Å². The van der Waals surface area contributed by atoms with Crippen molar-refractivity contribution in [3.05, 3.63) is 24.3 Å². The summed E-state index contributed by atoms with van der Waals surface area (Å²) < 4.78 is 1.75. The number of aryl methyl sites for hydroxylation is 1. The van der Waals surface area contributed by atoms with Crippen molar-refractivity contribution in [2.75, 3.05) is 7.05 Å². The second kappa shape index (κ2) is 5.47. The molecule has 0 saturated carbocycles. The third kappa shape index (κ3) is 3.05. The average Bonchev–Trinajstić information content (AvgIpc) is 2.96. The molecule has 0 saturated heterocycles. The Kier molecular flexibility index (Phi) is 3.74. The number of hydrogen-bond acceptors (Lipinski definition) is 3. The van der Waals surface area contributed by atoms with Crippen LogP contribution >= 0.6 is 0 Å². The summed E-state index contributed by atoms with van der Waals surface area (Å²) in [7, 11) is 3.65. The molecule has 6 heteroatoms. The van der Waals surface area contributed by atoms with E-state index in [9.17, 15) is 0 Å². The first-order valence-corrected chi connectivity index (χ1v) is 5.74. The molecular weight excluding hydrogens is 216 g/mol. The predicted molar refractivity (Wildman–Crippen MR) is 66.5 cm³/mol. The second-order valence-corrected chi connectivity index (χ2v) is 4.01. The molecule has 6 nitrogen and oxygen atoms in total. The van der Waals surface area contributed by atoms with Crippen molar-refractivity contribution in [1.82, 2.24) is 25.4 Å². The van der Waals surface area contributed by atoms with E-state index in [4.69, 9.17) is 0 Å². The normalized spacial score (nSPS) is 16.5. The lowest BCUT2D eigenvalue weighted by Crippen LogP contribution is -2.42. The molecule has 0 fully saturated rings. The average molecular weight is 234 g/mol. The Morgan fingerprint density at radius 1 is 1.53 bits per heavy atom. The van der Waals surface area contributed by atoms with Gasteiger partial charge >= 0.3 is 0 Å². The van der Waals surface area contributed by atoms with Gasteiger partial charge in [-0.15, -0.1) is 0 Å². The summed E-state index contributed by atoms with van der Waals surface area (Å²) in [6.07, 6.45) is 8.05. The van der Waals surface area contributed by atoms with Crippen LogP contribution in [0.5, 0.6) is 0 Å². The molecule has 0 radical (unpaired) electrons. The molecule has 1 heterocycles. The van der Waals surface area contributed by atoms with Crippen LogP contribution in [0.2, 0.25) is 0 Å². The molecule has 92 valence electrons. The van der Waals surface area contributed by atoms with E-state index in [1.54, 1.807) is 18.1 Å². The Balaban J connectivity index is 1.82. The molecule has 0 unspecified atom stereocenters. The maximum atomic E-state index is 4.19. The lowest BCUT2D eigenvalue weighted by molar-refractivity contribution is 0.621. The Labute approximate surface area is 101 Å². The summed E-state index contributed by atoms with van der Waals surface area (Å²) in [5, 5.41) is 10.6. The summed E-state index contributed by atoms with van der Waals surface area (Å²) >= 11 is 0. The highest BCUT2D eigenvalue weighted by atomic mass is 15.3. The van der Waals surface area contributed by atoms with E-state index in [1.165, 1.54) is 0 Å². The smallest absolute Gasteiger partial charge is 0.191 e. The fourth-order valence-electron chi connectivity index (χ4n) is 1.77. The highest BCUT2D eigenvalue weighted by molar-refractivity contribution is 5.79. The van der Waals surface area contributed by atoms with Gasteiger partial charge in [0.15, 0.2) is 5.96 Å². The van der Waals surface area contributed by atoms with E-state index in [0.29, 0.717) is 12.6 Å². The molecule has 0 amide bonds. The Bertz CT molecular complexity index is 411. The van der Waals surface area contributed by atoms with Crippen molar-refractivity contribution in [1.29, 1.82) is 0 Å². The number of guanidine groups is 1. The van der Waals surface area contributed by atoms with Gasteiger partial charge in [0.05, 0.1) is 6.54 Å². The number of nitrogens with zero attached hydrogens (tertiary/aromatic N) is 4. The van der Waals surface area contributed by atoms with Gasteiger partial charge in [-0.25, -0.2) is 4.98 Å². The van der Waals surface area contributed by atoms with Gasteiger partial charge in [-0.05, 0) is 12.8 Å². The topological polar surface area (TPSA) is 67.1 Å². The monoisotopic (exact) mass is 234 g/mol. The van der Waals surface area contributed by atoms with Crippen molar-refractivity contribution in [3.63, 3.8) is 0 Å². The molecule has 0 spiro atoms. The molecule has 2 rings (SSSR count). The lowest BCUT2D eigenvalue weighted by Gasteiger charge is -2.16. The first-order valence-electron chi connectivity index (χ1n) is 5.74. The molecular formula is C11H18N6. The van der Waals surface area contributed by atoms with E-state index in [1.807, 2.05) is 7.05 Å². The molecule has 1 aromatic rings. The molecule has 0 aliphatic heterocycles. The maximum Gasteiger partial charge on any atom is 0.191 e. The number of aliphatic imine (C=N–C) groups is 1. The number of aromatic nitrogens is 3. The first kappa shape index (κ1) is 11.6. The quantitative estimate of drug-likeness (QED) is 0.445. The van der Waals surface area contributed by atoms with Gasteiger partial charge in [0.25, 0.3) is 0 Å². The van der Waals surface area contributed by atoms with Crippen LogP contribution in [0.25, 0.3) is 0 Å². The van der Waals surface area contributed by atoms with Gasteiger partial charge < -0.3 is 10.6 Å². The maximum absolute atomic E-state index is 4.19. The summed E-state index contributed by atoms with van der Waals surface area (Å²) in [5.74, 6) is 1.69. The minimum absolute atomic E-state index is 0.459. The summed E-state index contributed by atoms with van der Waals surface area (Å²) in [5.41, 5.74) is 0. The fraction of sp³-hybridized carbons (Fsp3) is 0.545. The van der Waals surface area contributed by atoms with Crippen LogP contribution in [0.1, 0.15) is 18.7 Å². The molecule has 2 N–H and O–H groups in total. The summed E-state index contributed by atoms with van der Waals surface area (Å²) in [6.45, 7) is 0.621. The first-order chi connectivity index (χ1) is 8.29. The summed E-state index contributed by atoms with van der Waals surface area (Å²) in [6, 6.07) is 0.459. The molecule has 0 aromatic carbocycles. The van der Waals surface area contributed by atoms with E-state index in [2.05, 4.69) is 37.9 Å². The standard InChI is InChI=1S/C11H18N6/c1-12-11(16-9-5-3-4-6-9)13-7-10-14-8-15-17(10)2/h3-4,8-9H,5-7H2,1-2H3,(H2,12,13,16). The van der Waals surface area contributed by atoms with Crippen LogP contribution in [0.15, 0.2) is 23.5 Å². The van der Waals surface area contributed by atoms with Crippen LogP contribution in [0, 0.1) is 0 Å². The van der Waals surface area contributed by atoms with Crippen LogP contribution in [0.3, 0.4) is 0 Å². The Hall–Kier alpha value is -1.85. The van der Waals surface area contributed by atoms with Crippen LogP contribution in [-0.4, -0.2) is 33.8 Å². The van der Waals surface area contributed by atoms with Gasteiger partial charge in [0, 0.05) is 20.1 Å². The van der Waals surface area contributed by atoms with E-state index >= 15 is 0 Å². The summed E-state index contributed by atoms with van der Waals surface area (Å²) in [4.78, 5) is 8.34. The molecule has 1 aliphatic rings. The van der Waals surface area contributed by atoms with E-state index in [-0.39, 0.29) is 0 Å². The van der Waals surface area contributed by atoms with Crippen LogP contribution in [0.4, 0.5) is 0 Å². The molecule has 0 atom stereocenters. The lowest BCUT2D eigenvalue weighted by atomic mass is 10.2. The predicted octanol–water partition coefficient (Wildman–Crippen LogP) is 0.199. The Morgan fingerprint density at radius 2 is 2.29 bits per heavy atom. The van der Waals surface area contributed by atoms with Crippen LogP contribution in [-0.2, 0) is 13.6 Å². The SMILES string of the molecule is CN=C(NCc1ncnn1C)NC1CC=CC1. The van der Waals surface area contributed by atoms with Crippen molar-refractivity contribution < 1.29 is 0 Å². The fourth-order valence-corrected chi connectivity index (χ4v) is 1.77. The van der Waals surface area contributed by atoms with Gasteiger partial charge in [-0.3, -0.25) is 9.67 Å². The second-order valence-electron chi connectivity index (χ2n) is 4.01. The molecule has 0 bridgehead atoms.